The molecule has 0 saturated heterocycles. The van der Waals surface area contributed by atoms with Gasteiger partial charge in [-0.1, -0.05) is 266 Å². The van der Waals surface area contributed by atoms with Crippen LogP contribution in [-0.2, 0) is 16.2 Å². The first kappa shape index (κ1) is 46.7. The number of aryl methyl sites for hydroxylation is 4. The number of fused-ring (bicyclic) bond motifs is 30. The lowest BCUT2D eigenvalue weighted by atomic mass is 9.70. The van der Waals surface area contributed by atoms with Gasteiger partial charge in [0.1, 0.15) is 0 Å². The van der Waals surface area contributed by atoms with E-state index >= 15 is 0 Å². The van der Waals surface area contributed by atoms with Crippen LogP contribution in [-0.4, -0.2) is 0 Å². The molecule has 12 aromatic rings. The van der Waals surface area contributed by atoms with Gasteiger partial charge in [0.25, 0.3) is 0 Å². The van der Waals surface area contributed by atoms with Gasteiger partial charge in [0, 0.05) is 0 Å². The van der Waals surface area contributed by atoms with E-state index in [1.54, 1.807) is 0 Å². The zero-order chi connectivity index (χ0) is 53.6. The third kappa shape index (κ3) is 5.85. The predicted octanol–water partition coefficient (Wildman–Crippen LogP) is 19.6. The van der Waals surface area contributed by atoms with Crippen LogP contribution in [0.1, 0.15) is 94.6 Å². The maximum Gasteiger partial charge on any atom is 0.0725 e. The average Bonchev–Trinajstić information content (AvgIpc) is 4.46. The Labute approximate surface area is 470 Å². The summed E-state index contributed by atoms with van der Waals surface area (Å²) < 4.78 is 0. The normalized spacial score (nSPS) is 14.6. The first-order valence-corrected chi connectivity index (χ1v) is 28.5. The molecule has 0 nitrogen and oxygen atoms in total. The monoisotopic (exact) mass is 1020 g/mol. The molecule has 0 aliphatic heterocycles. The highest BCUT2D eigenvalue weighted by molar-refractivity contribution is 5.98. The Bertz CT molecular complexity index is 4380. The number of benzene rings is 12. The van der Waals surface area contributed by atoms with Gasteiger partial charge in [0.15, 0.2) is 0 Å². The molecule has 18 rings (SSSR count). The number of rotatable bonds is 0. The lowest BCUT2D eigenvalue weighted by Crippen LogP contribution is -2.25. The second-order valence-corrected chi connectivity index (χ2v) is 23.1. The minimum Gasteiger partial charge on any atom is -0.0619 e. The third-order valence-electron chi connectivity index (χ3n) is 19.5. The van der Waals surface area contributed by atoms with E-state index in [0.717, 1.165) is 0 Å². The Morgan fingerprint density at radius 3 is 0.838 bits per heavy atom. The molecule has 0 N–H and O–H groups in total. The second-order valence-electron chi connectivity index (χ2n) is 23.1. The van der Waals surface area contributed by atoms with Gasteiger partial charge < -0.3 is 0 Å². The molecule has 0 atom stereocenters. The third-order valence-corrected chi connectivity index (χ3v) is 19.5. The molecular weight excluding hydrogens is 961 g/mol. The van der Waals surface area contributed by atoms with Gasteiger partial charge in [0.05, 0.1) is 16.2 Å². The topological polar surface area (TPSA) is 0 Å². The van der Waals surface area contributed by atoms with Gasteiger partial charge in [0.2, 0.25) is 0 Å². The fourth-order valence-electron chi connectivity index (χ4n) is 16.0. The van der Waals surface area contributed by atoms with Crippen LogP contribution >= 0.6 is 0 Å². The highest BCUT2D eigenvalue weighted by Gasteiger charge is 2.54. The fraction of sp³-hybridized carbons (Fsp3) is 0.100. The van der Waals surface area contributed by atoms with E-state index in [2.05, 4.69) is 295 Å². The number of hydrogen-bond donors (Lipinski definition) is 0. The molecule has 3 spiro atoms. The van der Waals surface area contributed by atoms with Crippen molar-refractivity contribution in [2.45, 2.75) is 50.9 Å². The summed E-state index contributed by atoms with van der Waals surface area (Å²) in [4.78, 5) is 0. The van der Waals surface area contributed by atoms with Crippen molar-refractivity contribution in [1.82, 2.24) is 0 Å². The van der Waals surface area contributed by atoms with E-state index in [9.17, 15) is 0 Å². The van der Waals surface area contributed by atoms with Gasteiger partial charge in [-0.25, -0.2) is 0 Å². The van der Waals surface area contributed by atoms with E-state index < -0.39 is 0 Å². The molecule has 6 aliphatic carbocycles. The lowest BCUT2D eigenvalue weighted by molar-refractivity contribution is 0.792. The van der Waals surface area contributed by atoms with Gasteiger partial charge in [-0.05, 0) is 190 Å². The van der Waals surface area contributed by atoms with Crippen LogP contribution in [0.5, 0.6) is 0 Å². The van der Waals surface area contributed by atoms with Crippen LogP contribution in [0.4, 0.5) is 0 Å². The quantitative estimate of drug-likeness (QED) is 0.142. The SMILES string of the molecule is Cc1cc2c(cc1C)C1(c3ccccc3-c3ccccc31)c1ccccc1-2.Cc1ccc2c(c1)-c1ccccc1C21c2ccccc2-c2ccccc21.Cc1ccc2c(c1C)-c1ccccc1C21c2ccccc2-c2ccccc21. The molecule has 0 bridgehead atoms. The molecule has 6 aliphatic rings. The van der Waals surface area contributed by atoms with Crippen molar-refractivity contribution in [3.8, 4) is 66.8 Å². The summed E-state index contributed by atoms with van der Waals surface area (Å²) in [6.07, 6.45) is 0. The van der Waals surface area contributed by atoms with Crippen molar-refractivity contribution in [1.29, 1.82) is 0 Å². The van der Waals surface area contributed by atoms with E-state index in [0.29, 0.717) is 0 Å². The molecule has 0 unspecified atom stereocenters. The largest absolute Gasteiger partial charge is 0.0725 e. The maximum atomic E-state index is 2.43. The Hall–Kier alpha value is -9.36. The van der Waals surface area contributed by atoms with E-state index in [4.69, 9.17) is 0 Å². The summed E-state index contributed by atoms with van der Waals surface area (Å²) in [5.74, 6) is 0. The molecule has 80 heavy (non-hydrogen) atoms. The van der Waals surface area contributed by atoms with Gasteiger partial charge in [-0.15, -0.1) is 0 Å². The molecule has 0 heteroatoms. The molecule has 12 aromatic carbocycles. The van der Waals surface area contributed by atoms with Gasteiger partial charge >= 0.3 is 0 Å². The summed E-state index contributed by atoms with van der Waals surface area (Å²) in [5.41, 5.74) is 39.8. The first-order chi connectivity index (χ1) is 39.3. The van der Waals surface area contributed by atoms with Crippen LogP contribution in [0.15, 0.2) is 261 Å². The van der Waals surface area contributed by atoms with Crippen molar-refractivity contribution in [3.05, 3.63) is 355 Å². The van der Waals surface area contributed by atoms with E-state index in [1.165, 1.54) is 161 Å². The van der Waals surface area contributed by atoms with Crippen molar-refractivity contribution in [2.75, 3.05) is 0 Å². The van der Waals surface area contributed by atoms with Crippen molar-refractivity contribution >= 4 is 0 Å². The maximum absolute atomic E-state index is 2.43. The lowest BCUT2D eigenvalue weighted by Gasteiger charge is -2.30. The molecular formula is C80H58. The van der Waals surface area contributed by atoms with Crippen LogP contribution < -0.4 is 0 Å². The first-order valence-electron chi connectivity index (χ1n) is 28.5. The molecule has 0 radical (unpaired) electrons. The van der Waals surface area contributed by atoms with Crippen molar-refractivity contribution in [2.24, 2.45) is 0 Å². The standard InChI is InChI=1S/2C27H20.C26H18/c1-17-15-22-21-11-5-8-14-25(21)27(26(22)16-18(17)2)23-12-6-3-9-19(23)20-10-4-7-13-24(20)27;1-17-15-16-25-26(18(17)2)21-11-5-8-14-24(21)27(25)22-12-6-3-9-19(22)20-10-4-7-13-23(20)27;1-17-14-15-25-21(16-17)20-10-4-7-13-24(20)26(25)22-11-5-2-8-18(22)19-9-3-6-12-23(19)26/h2*3-16H,1-2H3;2-16H,1H3. The molecule has 0 fully saturated rings. The summed E-state index contributed by atoms with van der Waals surface area (Å²) in [6.45, 7) is 11.1. The van der Waals surface area contributed by atoms with Gasteiger partial charge in [-0.3, -0.25) is 0 Å². The summed E-state index contributed by atoms with van der Waals surface area (Å²) in [7, 11) is 0. The molecule has 0 heterocycles. The highest BCUT2D eigenvalue weighted by Crippen LogP contribution is 2.66. The average molecular weight is 1020 g/mol. The zero-order valence-electron chi connectivity index (χ0n) is 45.8. The van der Waals surface area contributed by atoms with Crippen LogP contribution in [0.2, 0.25) is 0 Å². The molecule has 0 saturated carbocycles. The summed E-state index contributed by atoms with van der Waals surface area (Å²) >= 11 is 0. The number of hydrogen-bond acceptors (Lipinski definition) is 0. The Balaban J connectivity index is 0.0000000996. The van der Waals surface area contributed by atoms with Crippen molar-refractivity contribution < 1.29 is 0 Å². The fourth-order valence-corrected chi connectivity index (χ4v) is 16.0. The minimum atomic E-state index is -0.197. The van der Waals surface area contributed by atoms with E-state index in [1.807, 2.05) is 0 Å². The predicted molar refractivity (Wildman–Crippen MR) is 332 cm³/mol. The Morgan fingerprint density at radius 2 is 0.450 bits per heavy atom. The summed E-state index contributed by atoms with van der Waals surface area (Å²) in [5, 5.41) is 0. The van der Waals surface area contributed by atoms with Gasteiger partial charge in [-0.2, -0.15) is 0 Å². The van der Waals surface area contributed by atoms with Crippen molar-refractivity contribution in [3.63, 3.8) is 0 Å². The molecule has 378 valence electrons. The van der Waals surface area contributed by atoms with Crippen LogP contribution in [0, 0.1) is 34.6 Å². The van der Waals surface area contributed by atoms with E-state index in [-0.39, 0.29) is 16.2 Å². The highest BCUT2D eigenvalue weighted by atomic mass is 14.6. The molecule has 0 amide bonds. The molecule has 0 aromatic heterocycles. The second kappa shape index (κ2) is 17.1. The zero-order valence-corrected chi connectivity index (χ0v) is 45.8. The van der Waals surface area contributed by atoms with Crippen LogP contribution in [0.25, 0.3) is 66.8 Å². The Kier molecular flexibility index (Phi) is 9.97. The summed E-state index contributed by atoms with van der Waals surface area (Å²) in [6, 6.07) is 97.1. The Morgan fingerprint density at radius 1 is 0.188 bits per heavy atom. The van der Waals surface area contributed by atoms with Crippen LogP contribution in [0.3, 0.4) is 0 Å². The smallest absolute Gasteiger partial charge is 0.0619 e. The minimum absolute atomic E-state index is 0.188.